The Morgan fingerprint density at radius 2 is 1.10 bits per heavy atom. The van der Waals surface area contributed by atoms with Gasteiger partial charge in [0.2, 0.25) is 0 Å². The van der Waals surface area contributed by atoms with E-state index in [0.29, 0.717) is 0 Å². The highest BCUT2D eigenvalue weighted by Gasteiger charge is 2.36. The summed E-state index contributed by atoms with van der Waals surface area (Å²) in [6, 6.07) is 18.5. The van der Waals surface area contributed by atoms with Gasteiger partial charge in [0, 0.05) is 0 Å². The van der Waals surface area contributed by atoms with E-state index in [4.69, 9.17) is 0 Å². The zero-order valence-corrected chi connectivity index (χ0v) is 14.0. The second-order valence-electron chi connectivity index (χ2n) is 6.22. The van der Waals surface area contributed by atoms with E-state index in [9.17, 15) is 0 Å². The van der Waals surface area contributed by atoms with Crippen LogP contribution in [0.3, 0.4) is 0 Å². The quantitative estimate of drug-likeness (QED) is 0.640. The van der Waals surface area contributed by atoms with Crippen molar-refractivity contribution in [3.63, 3.8) is 0 Å². The van der Waals surface area contributed by atoms with Crippen molar-refractivity contribution in [3.05, 3.63) is 59.7 Å². The van der Waals surface area contributed by atoms with Crippen LogP contribution in [0.5, 0.6) is 0 Å². The van der Waals surface area contributed by atoms with E-state index in [-0.39, 0.29) is 10.9 Å². The van der Waals surface area contributed by atoms with Gasteiger partial charge in [0.15, 0.2) is 9.79 Å². The van der Waals surface area contributed by atoms with Crippen LogP contribution in [-0.2, 0) is 10.9 Å². The maximum atomic E-state index is 2.35. The maximum Gasteiger partial charge on any atom is 0.161 e. The number of aryl methyl sites for hydroxylation is 2. The number of hydrogen-bond donors (Lipinski definition) is 0. The molecule has 3 rings (SSSR count). The minimum Gasteiger partial charge on any atom is -0.0543 e. The van der Waals surface area contributed by atoms with E-state index in [1.165, 1.54) is 53.0 Å². The molecule has 2 aromatic carbocycles. The lowest BCUT2D eigenvalue weighted by Crippen LogP contribution is -2.24. The topological polar surface area (TPSA) is 0 Å². The average Bonchev–Trinajstić information content (AvgIpc) is 2.52. The first kappa shape index (κ1) is 14.7. The summed E-state index contributed by atoms with van der Waals surface area (Å²) in [6.45, 7) is 4.35. The summed E-state index contributed by atoms with van der Waals surface area (Å²) in [5.41, 5.74) is 2.71. The first-order valence-electron chi connectivity index (χ1n) is 8.10. The van der Waals surface area contributed by atoms with Gasteiger partial charge in [-0.25, -0.2) is 0 Å². The average molecular weight is 297 g/mol. The molecule has 0 atom stereocenters. The molecule has 0 nitrogen and oxygen atoms in total. The van der Waals surface area contributed by atoms with Crippen LogP contribution in [0.1, 0.15) is 43.2 Å². The van der Waals surface area contributed by atoms with E-state index < -0.39 is 0 Å². The fraction of sp³-hybridized carbons (Fsp3) is 0.400. The smallest absolute Gasteiger partial charge is 0.0543 e. The van der Waals surface area contributed by atoms with Gasteiger partial charge >= 0.3 is 0 Å². The highest BCUT2D eigenvalue weighted by molar-refractivity contribution is 7.97. The van der Waals surface area contributed by atoms with Gasteiger partial charge in [-0.2, -0.15) is 0 Å². The van der Waals surface area contributed by atoms with Gasteiger partial charge < -0.3 is 0 Å². The molecule has 1 saturated carbocycles. The fourth-order valence-corrected chi connectivity index (χ4v) is 5.90. The largest absolute Gasteiger partial charge is 0.161 e. The predicted molar refractivity (Wildman–Crippen MR) is 93.1 cm³/mol. The van der Waals surface area contributed by atoms with Crippen LogP contribution in [0.25, 0.3) is 0 Å². The summed E-state index contributed by atoms with van der Waals surface area (Å²) in [7, 11) is 0.246. The zero-order chi connectivity index (χ0) is 14.7. The van der Waals surface area contributed by atoms with Gasteiger partial charge in [0.1, 0.15) is 5.25 Å². The molecule has 0 bridgehead atoms. The van der Waals surface area contributed by atoms with Crippen LogP contribution >= 0.6 is 0 Å². The molecule has 1 heteroatoms. The van der Waals surface area contributed by atoms with Crippen LogP contribution in [0.15, 0.2) is 58.3 Å². The molecule has 0 heterocycles. The van der Waals surface area contributed by atoms with Crippen molar-refractivity contribution < 1.29 is 0 Å². The van der Waals surface area contributed by atoms with Crippen molar-refractivity contribution >= 4 is 10.9 Å². The molecule has 110 valence electrons. The highest BCUT2D eigenvalue weighted by Crippen LogP contribution is 2.35. The molecule has 0 aromatic heterocycles. The lowest BCUT2D eigenvalue weighted by atomic mass is 10.0. The minimum atomic E-state index is 0.246. The van der Waals surface area contributed by atoms with Gasteiger partial charge in [-0.3, -0.25) is 0 Å². The summed E-state index contributed by atoms with van der Waals surface area (Å²) in [5, 5.41) is 0.837. The molecule has 0 spiro atoms. The first-order valence-corrected chi connectivity index (χ1v) is 9.39. The van der Waals surface area contributed by atoms with E-state index in [2.05, 4.69) is 62.4 Å². The molecule has 2 aromatic rings. The number of hydrogen-bond acceptors (Lipinski definition) is 0. The van der Waals surface area contributed by atoms with Crippen molar-refractivity contribution in [2.75, 3.05) is 0 Å². The van der Waals surface area contributed by atoms with Crippen molar-refractivity contribution in [2.24, 2.45) is 0 Å². The summed E-state index contributed by atoms with van der Waals surface area (Å²) < 4.78 is 0. The SMILES string of the molecule is Cc1ccc([S+](c2ccc(C)cc2)C2CCCCC2)cc1. The van der Waals surface area contributed by atoms with Crippen molar-refractivity contribution in [1.82, 2.24) is 0 Å². The van der Waals surface area contributed by atoms with E-state index in [1.54, 1.807) is 0 Å². The second-order valence-corrected chi connectivity index (χ2v) is 8.51. The molecule has 1 aliphatic rings. The monoisotopic (exact) mass is 297 g/mol. The molecule has 0 aliphatic heterocycles. The van der Waals surface area contributed by atoms with Gasteiger partial charge in [-0.05, 0) is 63.8 Å². The Hall–Kier alpha value is -1.21. The third-order valence-electron chi connectivity index (χ3n) is 4.44. The molecule has 0 N–H and O–H groups in total. The Labute approximate surface area is 131 Å². The summed E-state index contributed by atoms with van der Waals surface area (Å²) in [5.74, 6) is 0. The molecular weight excluding hydrogens is 272 g/mol. The lowest BCUT2D eigenvalue weighted by molar-refractivity contribution is 0.512. The van der Waals surface area contributed by atoms with Crippen LogP contribution in [0, 0.1) is 13.8 Å². The predicted octanol–water partition coefficient (Wildman–Crippen LogP) is 5.67. The van der Waals surface area contributed by atoms with Crippen LogP contribution in [0.4, 0.5) is 0 Å². The Bertz CT molecular complexity index is 516. The molecule has 0 amide bonds. The first-order chi connectivity index (χ1) is 10.2. The molecule has 0 radical (unpaired) electrons. The third-order valence-corrected chi connectivity index (χ3v) is 7.13. The van der Waals surface area contributed by atoms with Crippen molar-refractivity contribution in [1.29, 1.82) is 0 Å². The fourth-order valence-electron chi connectivity index (χ4n) is 3.19. The zero-order valence-electron chi connectivity index (χ0n) is 13.1. The molecule has 0 saturated heterocycles. The van der Waals surface area contributed by atoms with Gasteiger partial charge in [-0.15, -0.1) is 0 Å². The Morgan fingerprint density at radius 1 is 0.667 bits per heavy atom. The molecule has 0 unspecified atom stereocenters. The maximum absolute atomic E-state index is 2.35. The number of benzene rings is 2. The number of rotatable bonds is 3. The molecular formula is C20H25S+. The van der Waals surface area contributed by atoms with E-state index >= 15 is 0 Å². The van der Waals surface area contributed by atoms with E-state index in [0.717, 1.165) is 5.25 Å². The normalized spacial score (nSPS) is 16.3. The Balaban J connectivity index is 1.97. The summed E-state index contributed by atoms with van der Waals surface area (Å²) in [6.07, 6.45) is 7.03. The minimum absolute atomic E-state index is 0.246. The van der Waals surface area contributed by atoms with Crippen LogP contribution < -0.4 is 0 Å². The summed E-state index contributed by atoms with van der Waals surface area (Å²) >= 11 is 0. The van der Waals surface area contributed by atoms with Crippen molar-refractivity contribution in [2.45, 2.75) is 61.0 Å². The van der Waals surface area contributed by atoms with Crippen molar-refractivity contribution in [3.8, 4) is 0 Å². The Kier molecular flexibility index (Phi) is 4.70. The molecule has 1 fully saturated rings. The van der Waals surface area contributed by atoms with Gasteiger partial charge in [0.25, 0.3) is 0 Å². The molecule has 21 heavy (non-hydrogen) atoms. The standard InChI is InChI=1S/C20H25S/c1-16-8-12-19(13-9-16)21(18-6-4-3-5-7-18)20-14-10-17(2)11-15-20/h8-15,18H,3-7H2,1-2H3/q+1. The summed E-state index contributed by atoms with van der Waals surface area (Å²) in [4.78, 5) is 3.05. The van der Waals surface area contributed by atoms with Gasteiger partial charge in [-0.1, -0.05) is 41.8 Å². The second kappa shape index (κ2) is 6.70. The van der Waals surface area contributed by atoms with Crippen LogP contribution in [-0.4, -0.2) is 5.25 Å². The highest BCUT2D eigenvalue weighted by atomic mass is 32.2. The Morgan fingerprint density at radius 3 is 1.52 bits per heavy atom. The van der Waals surface area contributed by atoms with E-state index in [1.807, 2.05) is 0 Å². The van der Waals surface area contributed by atoms with Gasteiger partial charge in [0.05, 0.1) is 10.9 Å². The third kappa shape index (κ3) is 3.52. The van der Waals surface area contributed by atoms with Crippen LogP contribution in [0.2, 0.25) is 0 Å². The molecule has 1 aliphatic carbocycles. The lowest BCUT2D eigenvalue weighted by Gasteiger charge is -2.22.